The Hall–Kier alpha value is -2.21. The van der Waals surface area contributed by atoms with Crippen LogP contribution in [0.5, 0.6) is 0 Å². The predicted octanol–water partition coefficient (Wildman–Crippen LogP) is 1.32. The molecule has 0 saturated carbocycles. The average molecular weight is 270 g/mol. The van der Waals surface area contributed by atoms with E-state index in [1.807, 2.05) is 23.9 Å². The van der Waals surface area contributed by atoms with Gasteiger partial charge in [0.05, 0.1) is 6.54 Å². The molecule has 3 heterocycles. The smallest absolute Gasteiger partial charge is 0.152 e. The molecule has 3 rings (SSSR count). The minimum Gasteiger partial charge on any atom is -0.325 e. The molecule has 0 aromatic carbocycles. The van der Waals surface area contributed by atoms with E-state index in [1.54, 1.807) is 6.33 Å². The van der Waals surface area contributed by atoms with E-state index in [4.69, 9.17) is 0 Å². The molecular weight excluding hydrogens is 252 g/mol. The van der Waals surface area contributed by atoms with Gasteiger partial charge < -0.3 is 14.5 Å². The summed E-state index contributed by atoms with van der Waals surface area (Å²) in [5.74, 6) is 0.919. The Morgan fingerprint density at radius 1 is 1.35 bits per heavy atom. The summed E-state index contributed by atoms with van der Waals surface area (Å²) in [5, 5.41) is 12.6. The molecule has 0 radical (unpaired) electrons. The maximum Gasteiger partial charge on any atom is 0.152 e. The van der Waals surface area contributed by atoms with Gasteiger partial charge in [-0.05, 0) is 24.2 Å². The van der Waals surface area contributed by atoms with Crippen LogP contribution in [0.4, 0.5) is 0 Å². The molecule has 0 atom stereocenters. The minimum atomic E-state index is 0.677. The van der Waals surface area contributed by atoms with Crippen molar-refractivity contribution in [2.24, 2.45) is 7.05 Å². The van der Waals surface area contributed by atoms with Crippen molar-refractivity contribution in [3.63, 3.8) is 0 Å². The van der Waals surface area contributed by atoms with Crippen molar-refractivity contribution in [2.75, 3.05) is 6.54 Å². The van der Waals surface area contributed by atoms with E-state index in [1.165, 1.54) is 10.9 Å². The second kappa shape index (κ2) is 5.42. The molecule has 0 aliphatic rings. The minimum absolute atomic E-state index is 0.677. The number of pyridine rings is 1. The highest BCUT2D eigenvalue weighted by atomic mass is 15.3. The molecule has 20 heavy (non-hydrogen) atoms. The van der Waals surface area contributed by atoms with Gasteiger partial charge in [0.15, 0.2) is 5.82 Å². The average Bonchev–Trinajstić information content (AvgIpc) is 3.02. The van der Waals surface area contributed by atoms with E-state index >= 15 is 0 Å². The van der Waals surface area contributed by atoms with Crippen LogP contribution in [0.15, 0.2) is 30.9 Å². The summed E-state index contributed by atoms with van der Waals surface area (Å²) in [6.07, 6.45) is 5.69. The zero-order chi connectivity index (χ0) is 13.9. The summed E-state index contributed by atoms with van der Waals surface area (Å²) in [5.41, 5.74) is 2.25. The number of nitrogens with one attached hydrogen (secondary N) is 1. The molecule has 0 aliphatic carbocycles. The van der Waals surface area contributed by atoms with Crippen molar-refractivity contribution in [2.45, 2.75) is 20.0 Å². The van der Waals surface area contributed by atoms with E-state index < -0.39 is 0 Å². The zero-order valence-electron chi connectivity index (χ0n) is 11.7. The van der Waals surface area contributed by atoms with Gasteiger partial charge in [0.1, 0.15) is 12.0 Å². The molecule has 0 spiro atoms. The molecular formula is C14H18N6. The number of hydrogen-bond acceptors (Lipinski definition) is 4. The summed E-state index contributed by atoms with van der Waals surface area (Å²) < 4.78 is 4.06. The third kappa shape index (κ3) is 2.30. The Kier molecular flexibility index (Phi) is 3.47. The molecule has 0 saturated heterocycles. The van der Waals surface area contributed by atoms with Crippen LogP contribution in [-0.2, 0) is 20.1 Å². The monoisotopic (exact) mass is 270 g/mol. The highest BCUT2D eigenvalue weighted by Crippen LogP contribution is 2.20. The van der Waals surface area contributed by atoms with E-state index in [9.17, 15) is 0 Å². The summed E-state index contributed by atoms with van der Waals surface area (Å²) >= 11 is 0. The molecule has 0 bridgehead atoms. The fourth-order valence-corrected chi connectivity index (χ4v) is 2.32. The second-order valence-corrected chi connectivity index (χ2v) is 4.80. The van der Waals surface area contributed by atoms with Crippen LogP contribution in [0.3, 0.4) is 0 Å². The maximum atomic E-state index is 4.50. The van der Waals surface area contributed by atoms with Gasteiger partial charge in [0.2, 0.25) is 0 Å². The second-order valence-electron chi connectivity index (χ2n) is 4.80. The van der Waals surface area contributed by atoms with Crippen LogP contribution in [0.2, 0.25) is 0 Å². The lowest BCUT2D eigenvalue weighted by molar-refractivity contribution is 0.698. The molecule has 0 aliphatic heterocycles. The van der Waals surface area contributed by atoms with Gasteiger partial charge in [0.25, 0.3) is 0 Å². The van der Waals surface area contributed by atoms with Crippen LogP contribution in [0.1, 0.15) is 18.3 Å². The Balaban J connectivity index is 2.00. The third-order valence-electron chi connectivity index (χ3n) is 3.40. The molecule has 3 aromatic rings. The van der Waals surface area contributed by atoms with Crippen molar-refractivity contribution in [1.29, 1.82) is 0 Å². The highest BCUT2D eigenvalue weighted by Gasteiger charge is 2.11. The number of nitrogens with zero attached hydrogens (tertiary/aromatic N) is 5. The highest BCUT2D eigenvalue weighted by molar-refractivity contribution is 5.80. The van der Waals surface area contributed by atoms with Gasteiger partial charge in [0, 0.05) is 31.4 Å². The first-order chi connectivity index (χ1) is 9.79. The van der Waals surface area contributed by atoms with Crippen molar-refractivity contribution >= 4 is 11.0 Å². The standard InChI is InChI=1S/C14H18N6/c1-3-15-7-11-8-20(9-13-18-17-10-19(13)2)14-12(11)5-4-6-16-14/h4-6,8,10,15H,3,7,9H2,1-2H3. The lowest BCUT2D eigenvalue weighted by Crippen LogP contribution is -2.11. The summed E-state index contributed by atoms with van der Waals surface area (Å²) in [6, 6.07) is 4.09. The van der Waals surface area contributed by atoms with E-state index in [0.29, 0.717) is 6.54 Å². The number of hydrogen-bond donors (Lipinski definition) is 1. The quantitative estimate of drug-likeness (QED) is 0.759. The lowest BCUT2D eigenvalue weighted by atomic mass is 10.2. The third-order valence-corrected chi connectivity index (χ3v) is 3.40. The van der Waals surface area contributed by atoms with Crippen molar-refractivity contribution in [3.05, 3.63) is 42.2 Å². The van der Waals surface area contributed by atoms with Gasteiger partial charge >= 0.3 is 0 Å². The Labute approximate surface area is 117 Å². The van der Waals surface area contributed by atoms with E-state index in [0.717, 1.165) is 24.6 Å². The number of rotatable bonds is 5. The zero-order valence-corrected chi connectivity index (χ0v) is 11.7. The Morgan fingerprint density at radius 3 is 3.00 bits per heavy atom. The lowest BCUT2D eigenvalue weighted by Gasteiger charge is -2.03. The molecule has 1 N–H and O–H groups in total. The first kappa shape index (κ1) is 12.8. The van der Waals surface area contributed by atoms with Crippen molar-refractivity contribution < 1.29 is 0 Å². The Morgan fingerprint density at radius 2 is 2.25 bits per heavy atom. The first-order valence-corrected chi connectivity index (χ1v) is 6.76. The molecule has 104 valence electrons. The van der Waals surface area contributed by atoms with E-state index in [-0.39, 0.29) is 0 Å². The van der Waals surface area contributed by atoms with Crippen molar-refractivity contribution in [1.82, 2.24) is 29.6 Å². The van der Waals surface area contributed by atoms with Gasteiger partial charge in [-0.3, -0.25) is 0 Å². The summed E-state index contributed by atoms with van der Waals surface area (Å²) in [4.78, 5) is 4.50. The fraction of sp³-hybridized carbons (Fsp3) is 0.357. The molecule has 3 aromatic heterocycles. The molecule has 0 amide bonds. The van der Waals surface area contributed by atoms with Crippen LogP contribution >= 0.6 is 0 Å². The number of aryl methyl sites for hydroxylation is 1. The maximum absolute atomic E-state index is 4.50. The summed E-state index contributed by atoms with van der Waals surface area (Å²) in [6.45, 7) is 4.59. The van der Waals surface area contributed by atoms with Crippen LogP contribution in [-0.4, -0.2) is 30.9 Å². The topological polar surface area (TPSA) is 60.6 Å². The first-order valence-electron chi connectivity index (χ1n) is 6.76. The van der Waals surface area contributed by atoms with Crippen LogP contribution in [0, 0.1) is 0 Å². The molecule has 0 unspecified atom stereocenters. The van der Waals surface area contributed by atoms with Gasteiger partial charge in [-0.2, -0.15) is 0 Å². The number of aromatic nitrogens is 5. The van der Waals surface area contributed by atoms with Gasteiger partial charge in [-0.25, -0.2) is 4.98 Å². The van der Waals surface area contributed by atoms with Crippen molar-refractivity contribution in [3.8, 4) is 0 Å². The number of fused-ring (bicyclic) bond motifs is 1. The molecule has 0 fully saturated rings. The van der Waals surface area contributed by atoms with Gasteiger partial charge in [-0.1, -0.05) is 6.92 Å². The normalized spacial score (nSPS) is 11.3. The van der Waals surface area contributed by atoms with Gasteiger partial charge in [-0.15, -0.1) is 10.2 Å². The molecule has 6 heteroatoms. The Bertz CT molecular complexity index is 711. The summed E-state index contributed by atoms with van der Waals surface area (Å²) in [7, 11) is 1.95. The van der Waals surface area contributed by atoms with Crippen LogP contribution in [0.25, 0.3) is 11.0 Å². The van der Waals surface area contributed by atoms with E-state index in [2.05, 4.69) is 44.3 Å². The van der Waals surface area contributed by atoms with Crippen LogP contribution < -0.4 is 5.32 Å². The molecule has 6 nitrogen and oxygen atoms in total. The largest absolute Gasteiger partial charge is 0.325 e. The fourth-order valence-electron chi connectivity index (χ4n) is 2.32. The SMILES string of the molecule is CCNCc1cn(Cc2nncn2C)c2ncccc12. The predicted molar refractivity (Wildman–Crippen MR) is 77.2 cm³/mol.